The van der Waals surface area contributed by atoms with Crippen LogP contribution in [-0.2, 0) is 4.74 Å². The van der Waals surface area contributed by atoms with Gasteiger partial charge in [-0.1, -0.05) is 33.1 Å². The van der Waals surface area contributed by atoms with Crippen LogP contribution in [-0.4, -0.2) is 50.3 Å². The van der Waals surface area contributed by atoms with Crippen molar-refractivity contribution in [1.29, 1.82) is 0 Å². The largest absolute Gasteiger partial charge is 0.385 e. The lowest BCUT2D eigenvalue weighted by Crippen LogP contribution is -2.59. The Hall–Kier alpha value is -0.120. The molecule has 0 bridgehead atoms. The van der Waals surface area contributed by atoms with E-state index in [2.05, 4.69) is 24.1 Å². The van der Waals surface area contributed by atoms with E-state index in [0.717, 1.165) is 24.5 Å². The lowest BCUT2D eigenvalue weighted by molar-refractivity contribution is 0.0587. The molecule has 1 aliphatic carbocycles. The van der Waals surface area contributed by atoms with Gasteiger partial charge in [-0.2, -0.15) is 0 Å². The smallest absolute Gasteiger partial charge is 0.0474 e. The van der Waals surface area contributed by atoms with Gasteiger partial charge < -0.3 is 10.1 Å². The summed E-state index contributed by atoms with van der Waals surface area (Å²) >= 11 is 0. The molecule has 0 aromatic carbocycles. The predicted molar refractivity (Wildman–Crippen MR) is 89.7 cm³/mol. The Morgan fingerprint density at radius 3 is 2.62 bits per heavy atom. The number of hydrogen-bond donors (Lipinski definition) is 1. The average molecular weight is 296 g/mol. The summed E-state index contributed by atoms with van der Waals surface area (Å²) in [6, 6.07) is 1.46. The van der Waals surface area contributed by atoms with E-state index in [1.54, 1.807) is 0 Å². The standard InChI is InChI=1S/C18H36N2O/c1-15(2)12-17-14-20(10-7-11-21-3)18(13-19-17)16-8-5-4-6-9-16/h15-19H,4-14H2,1-3H3. The molecule has 1 N–H and O–H groups in total. The van der Waals surface area contributed by atoms with Crippen LogP contribution in [0.1, 0.15) is 58.8 Å². The van der Waals surface area contributed by atoms with Crippen LogP contribution in [0, 0.1) is 11.8 Å². The summed E-state index contributed by atoms with van der Waals surface area (Å²) in [5, 5.41) is 3.85. The molecule has 2 fully saturated rings. The molecule has 0 aromatic rings. The highest BCUT2D eigenvalue weighted by atomic mass is 16.5. The van der Waals surface area contributed by atoms with Crippen molar-refractivity contribution in [3.05, 3.63) is 0 Å². The van der Waals surface area contributed by atoms with Crippen molar-refractivity contribution < 1.29 is 4.74 Å². The van der Waals surface area contributed by atoms with E-state index >= 15 is 0 Å². The van der Waals surface area contributed by atoms with Crippen LogP contribution < -0.4 is 5.32 Å². The molecule has 21 heavy (non-hydrogen) atoms. The van der Waals surface area contributed by atoms with Gasteiger partial charge in [0.1, 0.15) is 0 Å². The van der Waals surface area contributed by atoms with Crippen LogP contribution in [0.5, 0.6) is 0 Å². The summed E-state index contributed by atoms with van der Waals surface area (Å²) in [6.45, 7) is 9.23. The van der Waals surface area contributed by atoms with Gasteiger partial charge >= 0.3 is 0 Å². The normalized spacial score (nSPS) is 29.1. The molecule has 2 atom stereocenters. The van der Waals surface area contributed by atoms with Crippen LogP contribution >= 0.6 is 0 Å². The molecule has 124 valence electrons. The van der Waals surface area contributed by atoms with Crippen molar-refractivity contribution in [3.8, 4) is 0 Å². The summed E-state index contributed by atoms with van der Waals surface area (Å²) in [5.74, 6) is 1.71. The number of hydrogen-bond acceptors (Lipinski definition) is 3. The molecule has 2 rings (SSSR count). The molecule has 0 radical (unpaired) electrons. The molecule has 1 saturated carbocycles. The Balaban J connectivity index is 1.90. The fraction of sp³-hybridized carbons (Fsp3) is 1.00. The van der Waals surface area contributed by atoms with Gasteiger partial charge in [0.15, 0.2) is 0 Å². The number of rotatable bonds is 7. The second-order valence-electron chi connectivity index (χ2n) is 7.54. The summed E-state index contributed by atoms with van der Waals surface area (Å²) in [4.78, 5) is 2.79. The maximum Gasteiger partial charge on any atom is 0.0474 e. The van der Waals surface area contributed by atoms with Crippen molar-refractivity contribution in [2.75, 3.05) is 33.4 Å². The zero-order chi connectivity index (χ0) is 15.1. The zero-order valence-electron chi connectivity index (χ0n) is 14.4. The van der Waals surface area contributed by atoms with E-state index in [1.807, 2.05) is 7.11 Å². The van der Waals surface area contributed by atoms with Crippen molar-refractivity contribution in [2.45, 2.75) is 70.9 Å². The Morgan fingerprint density at radius 1 is 1.19 bits per heavy atom. The molecule has 3 nitrogen and oxygen atoms in total. The first-order chi connectivity index (χ1) is 10.2. The summed E-state index contributed by atoms with van der Waals surface area (Å²) in [7, 11) is 1.82. The van der Waals surface area contributed by atoms with Crippen molar-refractivity contribution in [2.24, 2.45) is 11.8 Å². The summed E-state index contributed by atoms with van der Waals surface area (Å²) in [5.41, 5.74) is 0. The number of piperazine rings is 1. The van der Waals surface area contributed by atoms with Gasteiger partial charge in [0.25, 0.3) is 0 Å². The third-order valence-electron chi connectivity index (χ3n) is 5.28. The van der Waals surface area contributed by atoms with Gasteiger partial charge in [0.05, 0.1) is 0 Å². The molecule has 1 aliphatic heterocycles. The fourth-order valence-electron chi connectivity index (χ4n) is 4.28. The topological polar surface area (TPSA) is 24.5 Å². The summed E-state index contributed by atoms with van der Waals surface area (Å²) < 4.78 is 5.26. The van der Waals surface area contributed by atoms with Gasteiger partial charge in [-0.15, -0.1) is 0 Å². The quantitative estimate of drug-likeness (QED) is 0.730. The molecular weight excluding hydrogens is 260 g/mol. The highest BCUT2D eigenvalue weighted by Crippen LogP contribution is 2.30. The molecule has 0 spiro atoms. The number of nitrogens with zero attached hydrogens (tertiary/aromatic N) is 1. The highest BCUT2D eigenvalue weighted by Gasteiger charge is 2.33. The van der Waals surface area contributed by atoms with Crippen LogP contribution in [0.4, 0.5) is 0 Å². The Morgan fingerprint density at radius 2 is 1.95 bits per heavy atom. The first-order valence-corrected chi connectivity index (χ1v) is 9.17. The minimum atomic E-state index is 0.687. The van der Waals surface area contributed by atoms with Crippen molar-refractivity contribution in [1.82, 2.24) is 10.2 Å². The Bertz CT molecular complexity index is 276. The molecule has 3 heteroatoms. The lowest BCUT2D eigenvalue weighted by atomic mass is 9.81. The van der Waals surface area contributed by atoms with Gasteiger partial charge in [-0.3, -0.25) is 4.90 Å². The van der Waals surface area contributed by atoms with Crippen LogP contribution in [0.25, 0.3) is 0 Å². The van der Waals surface area contributed by atoms with E-state index in [0.29, 0.717) is 6.04 Å². The third-order valence-corrected chi connectivity index (χ3v) is 5.28. The summed E-state index contributed by atoms with van der Waals surface area (Å²) in [6.07, 6.45) is 9.72. The molecule has 2 unspecified atom stereocenters. The third kappa shape index (κ3) is 5.54. The molecule has 0 amide bonds. The first-order valence-electron chi connectivity index (χ1n) is 9.17. The minimum Gasteiger partial charge on any atom is -0.385 e. The van der Waals surface area contributed by atoms with Crippen LogP contribution in [0.15, 0.2) is 0 Å². The first kappa shape index (κ1) is 17.2. The molecule has 2 aliphatic rings. The van der Waals surface area contributed by atoms with Crippen molar-refractivity contribution >= 4 is 0 Å². The Labute approximate surface area is 131 Å². The predicted octanol–water partition coefficient (Wildman–Crippen LogP) is 3.29. The minimum absolute atomic E-state index is 0.687. The van der Waals surface area contributed by atoms with Crippen LogP contribution in [0.3, 0.4) is 0 Å². The van der Waals surface area contributed by atoms with Gasteiger partial charge in [-0.05, 0) is 37.5 Å². The Kier molecular flexibility index (Phi) is 7.48. The van der Waals surface area contributed by atoms with E-state index in [-0.39, 0.29) is 0 Å². The van der Waals surface area contributed by atoms with Crippen molar-refractivity contribution in [3.63, 3.8) is 0 Å². The van der Waals surface area contributed by atoms with E-state index in [9.17, 15) is 0 Å². The number of methoxy groups -OCH3 is 1. The molecule has 1 saturated heterocycles. The maximum absolute atomic E-state index is 5.26. The van der Waals surface area contributed by atoms with Gasteiger partial charge in [0, 0.05) is 45.4 Å². The molecular formula is C18H36N2O. The maximum atomic E-state index is 5.26. The highest BCUT2D eigenvalue weighted by molar-refractivity contribution is 4.91. The van der Waals surface area contributed by atoms with Crippen LogP contribution in [0.2, 0.25) is 0 Å². The number of ether oxygens (including phenoxy) is 1. The fourth-order valence-corrected chi connectivity index (χ4v) is 4.28. The molecule has 0 aromatic heterocycles. The monoisotopic (exact) mass is 296 g/mol. The van der Waals surface area contributed by atoms with E-state index in [4.69, 9.17) is 4.74 Å². The second-order valence-corrected chi connectivity index (χ2v) is 7.54. The average Bonchev–Trinajstić information content (AvgIpc) is 2.48. The van der Waals surface area contributed by atoms with E-state index < -0.39 is 0 Å². The lowest BCUT2D eigenvalue weighted by Gasteiger charge is -2.45. The number of nitrogens with one attached hydrogen (secondary N) is 1. The van der Waals surface area contributed by atoms with Gasteiger partial charge in [-0.25, -0.2) is 0 Å². The SMILES string of the molecule is COCCCN1CC(CC(C)C)NCC1C1CCCCC1. The van der Waals surface area contributed by atoms with Gasteiger partial charge in [0.2, 0.25) is 0 Å². The molecule has 1 heterocycles. The van der Waals surface area contributed by atoms with E-state index in [1.165, 1.54) is 64.6 Å². The zero-order valence-corrected chi connectivity index (χ0v) is 14.4. The second kappa shape index (κ2) is 9.12.